The molecular weight excluding hydrogens is 534 g/mol. The van der Waals surface area contributed by atoms with Gasteiger partial charge >= 0.3 is 12.2 Å². The Morgan fingerprint density at radius 2 is 1.88 bits per heavy atom. The van der Waals surface area contributed by atoms with Crippen LogP contribution in [0.4, 0.5) is 36.8 Å². The number of carbonyl (C=O) groups excluding carboxylic acids is 1. The van der Waals surface area contributed by atoms with Gasteiger partial charge in [0.15, 0.2) is 0 Å². The van der Waals surface area contributed by atoms with Gasteiger partial charge in [0.1, 0.15) is 5.82 Å². The normalized spacial score (nSPS) is 25.9. The Balaban J connectivity index is 1.31. The maximum Gasteiger partial charge on any atom is 0.419 e. The summed E-state index contributed by atoms with van der Waals surface area (Å²) in [5.41, 5.74) is -0.00316. The van der Waals surface area contributed by atoms with Gasteiger partial charge in [0.25, 0.3) is 5.92 Å². The van der Waals surface area contributed by atoms with E-state index >= 15 is 0 Å². The van der Waals surface area contributed by atoms with Crippen LogP contribution in [0.3, 0.4) is 0 Å². The van der Waals surface area contributed by atoms with Gasteiger partial charge < -0.3 is 15.1 Å². The van der Waals surface area contributed by atoms with Crippen LogP contribution in [0.25, 0.3) is 0 Å². The second-order valence-corrected chi connectivity index (χ2v) is 11.2. The Kier molecular flexibility index (Phi) is 7.50. The molecule has 1 aliphatic heterocycles. The average molecular weight is 565 g/mol. The van der Waals surface area contributed by atoms with Crippen LogP contribution < -0.4 is 5.32 Å². The van der Waals surface area contributed by atoms with Crippen molar-refractivity contribution in [2.45, 2.75) is 62.1 Å². The highest BCUT2D eigenvalue weighted by molar-refractivity contribution is 5.89. The number of likely N-dealkylation sites (tertiary alicyclic amines) is 1. The Morgan fingerprint density at radius 3 is 2.55 bits per heavy atom. The number of anilines is 1. The van der Waals surface area contributed by atoms with E-state index in [0.29, 0.717) is 37.1 Å². The summed E-state index contributed by atoms with van der Waals surface area (Å²) in [6.45, 7) is 0.971. The van der Waals surface area contributed by atoms with Gasteiger partial charge in [-0.25, -0.2) is 18.0 Å². The molecule has 0 spiro atoms. The smallest absolute Gasteiger partial charge is 0.320 e. The molecule has 3 atom stereocenters. The van der Waals surface area contributed by atoms with Gasteiger partial charge in [0.2, 0.25) is 0 Å². The largest absolute Gasteiger partial charge is 0.419 e. The molecule has 3 aliphatic rings. The van der Waals surface area contributed by atoms with E-state index in [9.17, 15) is 36.4 Å². The number of amides is 2. The molecule has 2 amide bonds. The summed E-state index contributed by atoms with van der Waals surface area (Å²) in [6.07, 6.45) is -2.40. The third kappa shape index (κ3) is 5.92. The molecule has 0 radical (unpaired) electrons. The fourth-order valence-corrected chi connectivity index (χ4v) is 6.36. The van der Waals surface area contributed by atoms with Crippen LogP contribution in [0.15, 0.2) is 42.5 Å². The third-order valence-electron chi connectivity index (χ3n) is 8.75. The number of alkyl halides is 5. The van der Waals surface area contributed by atoms with Gasteiger partial charge in [-0.1, -0.05) is 12.1 Å². The number of nitriles is 1. The molecule has 1 unspecified atom stereocenters. The lowest BCUT2D eigenvalue weighted by Crippen LogP contribution is -2.50. The van der Waals surface area contributed by atoms with Crippen molar-refractivity contribution in [3.05, 3.63) is 65.0 Å². The Bertz CT molecular complexity index is 1300. The van der Waals surface area contributed by atoms with Crippen LogP contribution >= 0.6 is 0 Å². The van der Waals surface area contributed by atoms with Crippen molar-refractivity contribution in [2.75, 3.05) is 31.5 Å². The number of rotatable bonds is 6. The fourth-order valence-electron chi connectivity index (χ4n) is 6.36. The van der Waals surface area contributed by atoms with Crippen LogP contribution in [0.2, 0.25) is 0 Å². The number of nitrogens with zero attached hydrogens (tertiary/aromatic N) is 3. The highest BCUT2D eigenvalue weighted by Gasteiger charge is 2.58. The maximum absolute atomic E-state index is 13.8. The Morgan fingerprint density at radius 1 is 1.12 bits per heavy atom. The van der Waals surface area contributed by atoms with Gasteiger partial charge in [0, 0.05) is 50.7 Å². The van der Waals surface area contributed by atoms with Gasteiger partial charge in [-0.3, -0.25) is 0 Å². The van der Waals surface area contributed by atoms with Crippen LogP contribution in [-0.4, -0.2) is 54.0 Å². The standard InChI is InChI=1S/C29H30F6N4O/c30-25-5-4-22(16-24(25)29(33,34)35)37-26(40)39(13-12-38-10-8-28(31,32)9-11-38)23-6-7-27(17-21(27)15-23)20-3-1-2-19(14-20)18-36/h1-5,14,16,21,23H,6-13,15,17H2,(H,37,40)/t21?,23-,27-/m1/s1. The van der Waals surface area contributed by atoms with E-state index < -0.39 is 29.5 Å². The highest BCUT2D eigenvalue weighted by atomic mass is 19.4. The number of carbonyl (C=O) groups is 1. The lowest BCUT2D eigenvalue weighted by atomic mass is 9.80. The predicted molar refractivity (Wildman–Crippen MR) is 136 cm³/mol. The van der Waals surface area contributed by atoms with Crippen LogP contribution in [-0.2, 0) is 11.6 Å². The molecule has 0 aromatic heterocycles. The number of halogens is 6. The average Bonchev–Trinajstić information content (AvgIpc) is 3.65. The zero-order valence-corrected chi connectivity index (χ0v) is 21.8. The SMILES string of the molecule is N#Cc1cccc([C@]23CC[C@@H](N(CCN4CCC(F)(F)CC4)C(=O)Nc4ccc(F)c(C(F)(F)F)c4)CC2C3)c1. The van der Waals surface area contributed by atoms with E-state index in [-0.39, 0.29) is 55.5 Å². The first-order valence-electron chi connectivity index (χ1n) is 13.5. The molecule has 11 heteroatoms. The highest BCUT2D eigenvalue weighted by Crippen LogP contribution is 2.63. The molecule has 1 heterocycles. The number of piperidine rings is 1. The van der Waals surface area contributed by atoms with Crippen LogP contribution in [0, 0.1) is 23.1 Å². The lowest BCUT2D eigenvalue weighted by Gasteiger charge is -2.39. The van der Waals surface area contributed by atoms with Gasteiger partial charge in [-0.15, -0.1) is 0 Å². The van der Waals surface area contributed by atoms with E-state index in [1.807, 2.05) is 23.1 Å². The first-order chi connectivity index (χ1) is 18.9. The van der Waals surface area contributed by atoms with Crippen molar-refractivity contribution < 1.29 is 31.1 Å². The molecule has 5 nitrogen and oxygen atoms in total. The zero-order chi connectivity index (χ0) is 28.7. The molecule has 214 valence electrons. The second kappa shape index (κ2) is 10.6. The first-order valence-corrected chi connectivity index (χ1v) is 13.5. The summed E-state index contributed by atoms with van der Waals surface area (Å²) >= 11 is 0. The molecule has 1 saturated heterocycles. The number of nitrogens with one attached hydrogen (secondary N) is 1. The summed E-state index contributed by atoms with van der Waals surface area (Å²) < 4.78 is 80.7. The zero-order valence-electron chi connectivity index (χ0n) is 21.8. The van der Waals surface area contributed by atoms with Gasteiger partial charge in [-0.2, -0.15) is 18.4 Å². The number of hydrogen-bond acceptors (Lipinski definition) is 3. The van der Waals surface area contributed by atoms with Crippen LogP contribution in [0.5, 0.6) is 0 Å². The lowest BCUT2D eigenvalue weighted by molar-refractivity contribution is -0.139. The van der Waals surface area contributed by atoms with Crippen molar-refractivity contribution in [1.82, 2.24) is 9.80 Å². The number of hydrogen-bond donors (Lipinski definition) is 1. The van der Waals surface area contributed by atoms with Crippen molar-refractivity contribution in [2.24, 2.45) is 5.92 Å². The number of fused-ring (bicyclic) bond motifs is 1. The monoisotopic (exact) mass is 564 g/mol. The summed E-state index contributed by atoms with van der Waals surface area (Å²) in [4.78, 5) is 16.9. The minimum atomic E-state index is -4.91. The molecule has 40 heavy (non-hydrogen) atoms. The third-order valence-corrected chi connectivity index (χ3v) is 8.75. The quantitative estimate of drug-likeness (QED) is 0.393. The van der Waals surface area contributed by atoms with E-state index in [1.54, 1.807) is 11.0 Å². The molecule has 1 N–H and O–H groups in total. The maximum atomic E-state index is 13.8. The number of benzene rings is 2. The molecule has 2 saturated carbocycles. The topological polar surface area (TPSA) is 59.4 Å². The van der Waals surface area contributed by atoms with E-state index in [0.717, 1.165) is 24.5 Å². The Labute approximate surface area is 228 Å². The Hall–Kier alpha value is -3.26. The van der Waals surface area contributed by atoms with Gasteiger partial charge in [0.05, 0.1) is 17.2 Å². The minimum absolute atomic E-state index is 0.0531. The van der Waals surface area contributed by atoms with Crippen molar-refractivity contribution in [3.63, 3.8) is 0 Å². The van der Waals surface area contributed by atoms with Crippen molar-refractivity contribution in [1.29, 1.82) is 5.26 Å². The van der Waals surface area contributed by atoms with E-state index in [4.69, 9.17) is 0 Å². The van der Waals surface area contributed by atoms with Crippen LogP contribution in [0.1, 0.15) is 55.2 Å². The summed E-state index contributed by atoms with van der Waals surface area (Å²) in [7, 11) is 0. The second-order valence-electron chi connectivity index (χ2n) is 11.2. The molecule has 5 rings (SSSR count). The molecule has 0 bridgehead atoms. The predicted octanol–water partition coefficient (Wildman–Crippen LogP) is 6.79. The molecular formula is C29H30F6N4O. The van der Waals surface area contributed by atoms with Crippen molar-refractivity contribution >= 4 is 11.7 Å². The fraction of sp³-hybridized carbons (Fsp3) is 0.517. The number of urea groups is 1. The summed E-state index contributed by atoms with van der Waals surface area (Å²) in [5.74, 6) is -3.85. The van der Waals surface area contributed by atoms with E-state index in [1.165, 1.54) is 0 Å². The van der Waals surface area contributed by atoms with Crippen molar-refractivity contribution in [3.8, 4) is 6.07 Å². The van der Waals surface area contributed by atoms with Gasteiger partial charge in [-0.05, 0) is 72.9 Å². The summed E-state index contributed by atoms with van der Waals surface area (Å²) in [6, 6.07) is 11.2. The minimum Gasteiger partial charge on any atom is -0.320 e. The molecule has 2 aromatic rings. The molecule has 2 aromatic carbocycles. The first kappa shape index (κ1) is 28.3. The summed E-state index contributed by atoms with van der Waals surface area (Å²) in [5, 5.41) is 11.8. The molecule has 2 aliphatic carbocycles. The van der Waals surface area contributed by atoms with E-state index in [2.05, 4.69) is 11.4 Å². The molecule has 3 fully saturated rings.